The van der Waals surface area contributed by atoms with E-state index in [1.165, 1.54) is 55.5 Å². The van der Waals surface area contributed by atoms with Gasteiger partial charge in [0.2, 0.25) is 5.69 Å². The number of ether oxygens (including phenoxy) is 7. The summed E-state index contributed by atoms with van der Waals surface area (Å²) in [5.41, 5.74) is 13.8. The van der Waals surface area contributed by atoms with Crippen molar-refractivity contribution in [2.24, 2.45) is 0 Å². The maximum absolute atomic E-state index is 11.8. The third-order valence-electron chi connectivity index (χ3n) is 21.0. The van der Waals surface area contributed by atoms with Crippen LogP contribution in [-0.4, -0.2) is 82.4 Å². The van der Waals surface area contributed by atoms with Crippen LogP contribution in [0.4, 0.5) is 11.4 Å². The number of hydrogen-bond donors (Lipinski definition) is 3. The third-order valence-corrected chi connectivity index (χ3v) is 21.0. The fourth-order valence-electron chi connectivity index (χ4n) is 16.1. The Morgan fingerprint density at radius 2 is 1.09 bits per heavy atom. The molecule has 10 atom stereocenters. The van der Waals surface area contributed by atoms with Crippen LogP contribution in [0, 0.1) is 0 Å². The molecule has 0 bridgehead atoms. The molecule has 0 radical (unpaired) electrons. The van der Waals surface area contributed by atoms with Crippen molar-refractivity contribution in [3.63, 3.8) is 0 Å². The summed E-state index contributed by atoms with van der Waals surface area (Å²) in [7, 11) is 4.37. The summed E-state index contributed by atoms with van der Waals surface area (Å²) < 4.78 is 48.9. The second kappa shape index (κ2) is 27.4. The van der Waals surface area contributed by atoms with Crippen molar-refractivity contribution in [3.05, 3.63) is 245 Å². The SMILES string of the molecule is CCC1CC(CC(O)CCCC2CC(CCCC3CC(C)OC(c4ccc(O)cc4)O3)OC(c3ccc(O)cc3)O2)OC(c2ccc(OC3=C(/C=C/C4=[N+](C)c5ccc6ccccc6c5C4(C)C)c4ccccc4/C3=C\C=C3\N(C)c4ccc5ccccc5c4C3(C)C)cc2)O1. The molecule has 496 valence electrons. The van der Waals surface area contributed by atoms with Gasteiger partial charge in [-0.15, -0.1) is 0 Å². The van der Waals surface area contributed by atoms with Crippen LogP contribution in [0.2, 0.25) is 0 Å². The van der Waals surface area contributed by atoms with Crippen LogP contribution >= 0.6 is 0 Å². The highest BCUT2D eigenvalue weighted by molar-refractivity contribution is 6.10. The van der Waals surface area contributed by atoms with Gasteiger partial charge in [0.1, 0.15) is 30.1 Å². The maximum atomic E-state index is 11.8. The predicted molar refractivity (Wildman–Crippen MR) is 381 cm³/mol. The maximum Gasteiger partial charge on any atom is 0.210 e. The van der Waals surface area contributed by atoms with E-state index < -0.39 is 25.0 Å². The average Bonchev–Trinajstić information content (AvgIpc) is 1.59. The fourth-order valence-corrected chi connectivity index (χ4v) is 16.1. The Bertz CT molecular complexity index is 4320. The molecule has 14 rings (SSSR count). The number of hydrogen-bond acceptors (Lipinski definition) is 11. The monoisotopic (exact) mass is 1290 g/mol. The minimum atomic E-state index is -0.616. The molecular weight excluding hydrogens is 1200 g/mol. The zero-order chi connectivity index (χ0) is 66.4. The Hall–Kier alpha value is -8.17. The number of likely N-dealkylation sites (N-methyl/N-ethyl adjacent to an activating group) is 1. The molecule has 5 aliphatic heterocycles. The van der Waals surface area contributed by atoms with Crippen LogP contribution in [0.3, 0.4) is 0 Å². The number of benzene rings is 8. The Kier molecular flexibility index (Phi) is 18.6. The molecule has 0 spiro atoms. The molecule has 6 aliphatic rings. The Morgan fingerprint density at radius 1 is 0.562 bits per heavy atom. The lowest BCUT2D eigenvalue weighted by molar-refractivity contribution is -0.401. The number of rotatable bonds is 19. The summed E-state index contributed by atoms with van der Waals surface area (Å²) in [6.07, 6.45) is 14.9. The van der Waals surface area contributed by atoms with E-state index in [2.05, 4.69) is 199 Å². The number of allylic oxidation sites excluding steroid dienone is 7. The number of aliphatic hydroxyl groups excluding tert-OH is 1. The minimum Gasteiger partial charge on any atom is -0.508 e. The molecule has 96 heavy (non-hydrogen) atoms. The quantitative estimate of drug-likeness (QED) is 0.0669. The van der Waals surface area contributed by atoms with Gasteiger partial charge < -0.3 is 53.4 Å². The highest BCUT2D eigenvalue weighted by Crippen LogP contribution is 2.52. The lowest BCUT2D eigenvalue weighted by Crippen LogP contribution is -2.36. The molecule has 12 nitrogen and oxygen atoms in total. The van der Waals surface area contributed by atoms with E-state index in [1.807, 2.05) is 36.4 Å². The topological polar surface area (TPSA) is 132 Å². The zero-order valence-electron chi connectivity index (χ0n) is 56.6. The summed E-state index contributed by atoms with van der Waals surface area (Å²) in [6.45, 7) is 13.6. The van der Waals surface area contributed by atoms with Gasteiger partial charge in [-0.25, -0.2) is 0 Å². The molecule has 0 amide bonds. The molecular formula is C84H91N2O10+. The molecule has 3 fully saturated rings. The number of anilines is 1. The van der Waals surface area contributed by atoms with Crippen molar-refractivity contribution in [2.45, 2.75) is 185 Å². The second-order valence-electron chi connectivity index (χ2n) is 28.3. The van der Waals surface area contributed by atoms with E-state index in [0.717, 1.165) is 96.1 Å². The van der Waals surface area contributed by atoms with Crippen LogP contribution in [-0.2, 0) is 39.3 Å². The average molecular weight is 1290 g/mol. The van der Waals surface area contributed by atoms with Gasteiger partial charge in [-0.3, -0.25) is 0 Å². The Balaban J connectivity index is 0.671. The van der Waals surface area contributed by atoms with E-state index in [-0.39, 0.29) is 59.0 Å². The van der Waals surface area contributed by atoms with Crippen molar-refractivity contribution in [1.29, 1.82) is 0 Å². The lowest BCUT2D eigenvalue weighted by atomic mass is 9.79. The van der Waals surface area contributed by atoms with E-state index >= 15 is 0 Å². The number of aromatic hydroxyl groups is 2. The van der Waals surface area contributed by atoms with Crippen molar-refractivity contribution < 1.29 is 53.1 Å². The van der Waals surface area contributed by atoms with Gasteiger partial charge in [-0.2, -0.15) is 4.58 Å². The van der Waals surface area contributed by atoms with E-state index in [9.17, 15) is 15.3 Å². The van der Waals surface area contributed by atoms with Gasteiger partial charge in [0.15, 0.2) is 24.6 Å². The molecule has 3 saturated heterocycles. The first-order valence-electron chi connectivity index (χ1n) is 34.8. The van der Waals surface area contributed by atoms with Gasteiger partial charge in [0, 0.05) is 82.2 Å². The zero-order valence-corrected chi connectivity index (χ0v) is 56.6. The molecule has 0 saturated carbocycles. The van der Waals surface area contributed by atoms with Gasteiger partial charge in [-0.05, 0) is 184 Å². The number of phenolic OH excluding ortho intramolecular Hbond substituents is 2. The number of fused-ring (bicyclic) bond motifs is 7. The normalized spacial score (nSPS) is 25.7. The first-order valence-corrected chi connectivity index (χ1v) is 34.8. The smallest absolute Gasteiger partial charge is 0.210 e. The summed E-state index contributed by atoms with van der Waals surface area (Å²) in [5.74, 6) is 1.87. The lowest BCUT2D eigenvalue weighted by Gasteiger charge is -2.37. The van der Waals surface area contributed by atoms with Crippen molar-refractivity contribution in [1.82, 2.24) is 0 Å². The molecule has 10 unspecified atom stereocenters. The highest BCUT2D eigenvalue weighted by atomic mass is 16.7. The Labute approximate surface area is 565 Å². The van der Waals surface area contributed by atoms with Gasteiger partial charge in [0.05, 0.1) is 48.1 Å². The standard InChI is InChI=1S/C84H90N2O10/c1-9-61-50-66(49-60(89)20-16-21-64-51-65(95-82(94-64)56-30-38-59(88)39-31-56)23-17-22-63-48-52(2)90-80(93-63)55-28-36-58(87)37-29-55)96-81(92-61)57-32-40-62(41-33-57)91-79-71(42-46-75-83(3,4)77-67-24-12-10-18-53(67)34-44-73(77)85(75)7)69-26-14-15-27-70(69)72(79)43-47-76-84(5,6)78-68-25-13-11-19-54(68)35-45-74(78)86(76)8/h10-15,18-19,24-47,52,60-61,63-66,80-82,89H,9,16-17,20-23,48-51H2,1-8H3,(H-,87,88)/p+1. The number of aliphatic hydroxyl groups is 1. The van der Waals surface area contributed by atoms with Crippen molar-refractivity contribution in [3.8, 4) is 17.2 Å². The van der Waals surface area contributed by atoms with Crippen molar-refractivity contribution >= 4 is 49.8 Å². The van der Waals surface area contributed by atoms with Crippen LogP contribution in [0.1, 0.15) is 170 Å². The first kappa shape index (κ1) is 65.1. The molecule has 3 N–H and O–H groups in total. The summed E-state index contributed by atoms with van der Waals surface area (Å²) in [5, 5.41) is 36.7. The van der Waals surface area contributed by atoms with E-state index in [1.54, 1.807) is 24.3 Å². The molecule has 5 heterocycles. The molecule has 12 heteroatoms. The van der Waals surface area contributed by atoms with Crippen LogP contribution in [0.5, 0.6) is 17.2 Å². The molecule has 0 aromatic heterocycles. The summed E-state index contributed by atoms with van der Waals surface area (Å²) in [6, 6.07) is 57.3. The fraction of sp³-hybridized carbons (Fsp3) is 0.369. The predicted octanol–water partition coefficient (Wildman–Crippen LogP) is 18.6. The summed E-state index contributed by atoms with van der Waals surface area (Å²) in [4.78, 5) is 2.35. The third kappa shape index (κ3) is 13.1. The van der Waals surface area contributed by atoms with Gasteiger partial charge in [0.25, 0.3) is 0 Å². The Morgan fingerprint density at radius 3 is 1.74 bits per heavy atom. The van der Waals surface area contributed by atoms with E-state index in [0.29, 0.717) is 25.0 Å². The first-order chi connectivity index (χ1) is 46.5. The number of phenols is 2. The summed E-state index contributed by atoms with van der Waals surface area (Å²) >= 11 is 0. The van der Waals surface area contributed by atoms with Crippen LogP contribution < -0.4 is 9.64 Å². The van der Waals surface area contributed by atoms with E-state index in [4.69, 9.17) is 33.2 Å². The molecule has 1 aliphatic carbocycles. The highest BCUT2D eigenvalue weighted by Gasteiger charge is 2.45. The van der Waals surface area contributed by atoms with Gasteiger partial charge in [-0.1, -0.05) is 136 Å². The minimum absolute atomic E-state index is 0.0293. The van der Waals surface area contributed by atoms with Crippen molar-refractivity contribution in [2.75, 3.05) is 19.0 Å². The number of nitrogens with zero attached hydrogens (tertiary/aromatic N) is 2. The van der Waals surface area contributed by atoms with Crippen LogP contribution in [0.25, 0.3) is 32.7 Å². The van der Waals surface area contributed by atoms with Crippen LogP contribution in [0.15, 0.2) is 206 Å². The largest absolute Gasteiger partial charge is 0.508 e. The molecule has 8 aromatic carbocycles. The molecule has 8 aromatic rings. The second-order valence-corrected chi connectivity index (χ2v) is 28.3. The van der Waals surface area contributed by atoms with Gasteiger partial charge >= 0.3 is 0 Å².